The topological polar surface area (TPSA) is 78.2 Å². The minimum absolute atomic E-state index is 0.0686. The van der Waals surface area contributed by atoms with E-state index in [9.17, 15) is 9.59 Å². The van der Waals surface area contributed by atoms with Gasteiger partial charge in [-0.25, -0.2) is 0 Å². The molecule has 0 unspecified atom stereocenters. The van der Waals surface area contributed by atoms with E-state index in [1.807, 2.05) is 6.07 Å². The van der Waals surface area contributed by atoms with E-state index in [0.717, 1.165) is 0 Å². The van der Waals surface area contributed by atoms with Gasteiger partial charge in [0, 0.05) is 25.5 Å². The zero-order valence-corrected chi connectivity index (χ0v) is 14.2. The van der Waals surface area contributed by atoms with E-state index < -0.39 is 11.5 Å². The number of carbonyl (C=O) groups excluding carboxylic acids is 1. The Hall–Kier alpha value is -3.35. The highest BCUT2D eigenvalue weighted by Crippen LogP contribution is 2.21. The molecule has 2 aromatic heterocycles. The number of rotatable bonds is 4. The highest BCUT2D eigenvalue weighted by molar-refractivity contribution is 6.04. The van der Waals surface area contributed by atoms with Crippen LogP contribution in [-0.4, -0.2) is 27.4 Å². The summed E-state index contributed by atoms with van der Waals surface area (Å²) < 4.78 is 8.28. The van der Waals surface area contributed by atoms with Crippen LogP contribution in [0.1, 0.15) is 15.9 Å². The second-order valence-electron chi connectivity index (χ2n) is 5.55. The van der Waals surface area contributed by atoms with Crippen molar-refractivity contribution in [3.8, 4) is 11.4 Å². The van der Waals surface area contributed by atoms with E-state index >= 15 is 0 Å². The lowest BCUT2D eigenvalue weighted by Gasteiger charge is -2.13. The first-order chi connectivity index (χ1) is 12.0. The van der Waals surface area contributed by atoms with E-state index in [4.69, 9.17) is 4.74 Å². The average molecular weight is 338 g/mol. The van der Waals surface area contributed by atoms with Crippen molar-refractivity contribution in [2.24, 2.45) is 7.05 Å². The van der Waals surface area contributed by atoms with Crippen molar-refractivity contribution in [3.05, 3.63) is 70.3 Å². The molecule has 0 aliphatic rings. The van der Waals surface area contributed by atoms with Crippen molar-refractivity contribution >= 4 is 11.7 Å². The van der Waals surface area contributed by atoms with Gasteiger partial charge in [0.1, 0.15) is 11.3 Å². The standard InChI is InChI=1S/C18H18N4O3/c1-12-8-11-22(13-6-4-5-7-14(13)25-3)18(24)16(12)17(23)19-15-9-10-21(2)20-15/h4-11H,1-3H3,(H,19,20,23). The molecule has 0 aliphatic carbocycles. The fraction of sp³-hybridized carbons (Fsp3) is 0.167. The summed E-state index contributed by atoms with van der Waals surface area (Å²) in [5.74, 6) is 0.439. The van der Waals surface area contributed by atoms with Crippen molar-refractivity contribution in [1.29, 1.82) is 0 Å². The average Bonchev–Trinajstić information content (AvgIpc) is 3.00. The molecule has 7 heteroatoms. The molecule has 0 atom stereocenters. The van der Waals surface area contributed by atoms with Crippen LogP contribution in [0.25, 0.3) is 5.69 Å². The molecule has 0 radical (unpaired) electrons. The molecular formula is C18H18N4O3. The van der Waals surface area contributed by atoms with Crippen LogP contribution >= 0.6 is 0 Å². The fourth-order valence-corrected chi connectivity index (χ4v) is 2.58. The maximum Gasteiger partial charge on any atom is 0.268 e. The molecule has 1 amide bonds. The Balaban J connectivity index is 2.06. The molecule has 25 heavy (non-hydrogen) atoms. The smallest absolute Gasteiger partial charge is 0.268 e. The first-order valence-corrected chi connectivity index (χ1v) is 7.68. The molecule has 0 spiro atoms. The van der Waals surface area contributed by atoms with E-state index in [2.05, 4.69) is 10.4 Å². The molecule has 128 valence electrons. The van der Waals surface area contributed by atoms with Gasteiger partial charge in [-0.3, -0.25) is 18.8 Å². The number of nitrogens with zero attached hydrogens (tertiary/aromatic N) is 3. The Kier molecular flexibility index (Phi) is 4.38. The highest BCUT2D eigenvalue weighted by Gasteiger charge is 2.18. The molecule has 2 heterocycles. The first kappa shape index (κ1) is 16.5. The van der Waals surface area contributed by atoms with Crippen LogP contribution in [0.15, 0.2) is 53.6 Å². The number of aryl methyl sites for hydroxylation is 2. The number of carbonyl (C=O) groups is 1. The lowest BCUT2D eigenvalue weighted by atomic mass is 10.1. The summed E-state index contributed by atoms with van der Waals surface area (Å²) in [7, 11) is 3.28. The SMILES string of the molecule is COc1ccccc1-n1ccc(C)c(C(=O)Nc2ccn(C)n2)c1=O. The molecule has 1 N–H and O–H groups in total. The Morgan fingerprint density at radius 2 is 1.92 bits per heavy atom. The number of para-hydroxylation sites is 2. The fourth-order valence-electron chi connectivity index (χ4n) is 2.58. The zero-order valence-electron chi connectivity index (χ0n) is 14.2. The van der Waals surface area contributed by atoms with Crippen LogP contribution in [0, 0.1) is 6.92 Å². The molecular weight excluding hydrogens is 320 g/mol. The lowest BCUT2D eigenvalue weighted by molar-refractivity contribution is 0.102. The summed E-state index contributed by atoms with van der Waals surface area (Å²) in [5, 5.41) is 6.75. The Morgan fingerprint density at radius 1 is 1.16 bits per heavy atom. The molecule has 0 aliphatic heterocycles. The number of nitrogens with one attached hydrogen (secondary N) is 1. The second-order valence-corrected chi connectivity index (χ2v) is 5.55. The Morgan fingerprint density at radius 3 is 2.60 bits per heavy atom. The Labute approximate surface area is 144 Å². The highest BCUT2D eigenvalue weighted by atomic mass is 16.5. The third-order valence-corrected chi connectivity index (χ3v) is 3.83. The predicted octanol–water partition coefficient (Wildman–Crippen LogP) is 2.14. The molecule has 3 aromatic rings. The third-order valence-electron chi connectivity index (χ3n) is 3.83. The van der Waals surface area contributed by atoms with Crippen LogP contribution < -0.4 is 15.6 Å². The maximum absolute atomic E-state index is 12.9. The number of hydrogen-bond acceptors (Lipinski definition) is 4. The van der Waals surface area contributed by atoms with Crippen molar-refractivity contribution in [2.75, 3.05) is 12.4 Å². The molecule has 7 nitrogen and oxygen atoms in total. The third kappa shape index (κ3) is 3.16. The number of aromatic nitrogens is 3. The van der Waals surface area contributed by atoms with E-state index in [0.29, 0.717) is 22.8 Å². The van der Waals surface area contributed by atoms with Gasteiger partial charge in [-0.15, -0.1) is 0 Å². The van der Waals surface area contributed by atoms with Gasteiger partial charge in [-0.2, -0.15) is 5.10 Å². The summed E-state index contributed by atoms with van der Waals surface area (Å²) in [6.45, 7) is 1.72. The second kappa shape index (κ2) is 6.64. The van der Waals surface area contributed by atoms with Gasteiger partial charge in [0.25, 0.3) is 11.5 Å². The number of pyridine rings is 1. The van der Waals surface area contributed by atoms with Crippen molar-refractivity contribution in [2.45, 2.75) is 6.92 Å². The monoisotopic (exact) mass is 338 g/mol. The van der Waals surface area contributed by atoms with Gasteiger partial charge in [0.2, 0.25) is 0 Å². The molecule has 0 fully saturated rings. The van der Waals surface area contributed by atoms with Gasteiger partial charge < -0.3 is 10.1 Å². The molecule has 1 aromatic carbocycles. The van der Waals surface area contributed by atoms with Gasteiger partial charge in [-0.05, 0) is 30.7 Å². The number of methoxy groups -OCH3 is 1. The Bertz CT molecular complexity index is 988. The summed E-state index contributed by atoms with van der Waals surface area (Å²) >= 11 is 0. The summed E-state index contributed by atoms with van der Waals surface area (Å²) in [5.41, 5.74) is 0.809. The number of benzene rings is 1. The quantitative estimate of drug-likeness (QED) is 0.790. The van der Waals surface area contributed by atoms with E-state index in [1.165, 1.54) is 11.7 Å². The van der Waals surface area contributed by atoms with Gasteiger partial charge in [0.15, 0.2) is 5.82 Å². The van der Waals surface area contributed by atoms with E-state index in [-0.39, 0.29) is 5.56 Å². The van der Waals surface area contributed by atoms with Gasteiger partial charge in [0.05, 0.1) is 12.8 Å². The molecule has 0 bridgehead atoms. The van der Waals surface area contributed by atoms with Crippen LogP contribution in [-0.2, 0) is 7.05 Å². The summed E-state index contributed by atoms with van der Waals surface area (Å²) in [6.07, 6.45) is 3.34. The van der Waals surface area contributed by atoms with Gasteiger partial charge >= 0.3 is 0 Å². The minimum atomic E-state index is -0.495. The number of ether oxygens (including phenoxy) is 1. The van der Waals surface area contributed by atoms with Crippen LogP contribution in [0.5, 0.6) is 5.75 Å². The van der Waals surface area contributed by atoms with Gasteiger partial charge in [-0.1, -0.05) is 12.1 Å². The summed E-state index contributed by atoms with van der Waals surface area (Å²) in [6, 6.07) is 10.5. The number of anilines is 1. The molecule has 0 saturated carbocycles. The van der Waals surface area contributed by atoms with Crippen molar-refractivity contribution in [1.82, 2.24) is 14.3 Å². The normalized spacial score (nSPS) is 10.5. The van der Waals surface area contributed by atoms with Crippen molar-refractivity contribution in [3.63, 3.8) is 0 Å². The minimum Gasteiger partial charge on any atom is -0.495 e. The number of amides is 1. The van der Waals surface area contributed by atoms with Crippen molar-refractivity contribution < 1.29 is 9.53 Å². The van der Waals surface area contributed by atoms with E-state index in [1.54, 1.807) is 61.4 Å². The predicted molar refractivity (Wildman–Crippen MR) is 94.5 cm³/mol. The molecule has 0 saturated heterocycles. The maximum atomic E-state index is 12.9. The zero-order chi connectivity index (χ0) is 18.0. The largest absolute Gasteiger partial charge is 0.495 e. The summed E-state index contributed by atoms with van der Waals surface area (Å²) in [4.78, 5) is 25.5. The number of hydrogen-bond donors (Lipinski definition) is 1. The van der Waals surface area contributed by atoms with Crippen LogP contribution in [0.2, 0.25) is 0 Å². The van der Waals surface area contributed by atoms with Crippen LogP contribution in [0.3, 0.4) is 0 Å². The first-order valence-electron chi connectivity index (χ1n) is 7.68. The molecule has 3 rings (SSSR count). The van der Waals surface area contributed by atoms with Crippen LogP contribution in [0.4, 0.5) is 5.82 Å². The lowest BCUT2D eigenvalue weighted by Crippen LogP contribution is -2.29.